The predicted molar refractivity (Wildman–Crippen MR) is 125 cm³/mol. The first-order chi connectivity index (χ1) is 15.1. The van der Waals surface area contributed by atoms with Crippen LogP contribution in [0.5, 0.6) is 0 Å². The Bertz CT molecular complexity index is 1140. The number of aromatic nitrogens is 1. The van der Waals surface area contributed by atoms with E-state index in [1.807, 2.05) is 29.2 Å². The molecule has 2 aromatic carbocycles. The third-order valence-corrected chi connectivity index (χ3v) is 6.33. The van der Waals surface area contributed by atoms with Gasteiger partial charge in [-0.05, 0) is 60.4 Å². The summed E-state index contributed by atoms with van der Waals surface area (Å²) in [6.07, 6.45) is 2.12. The highest BCUT2D eigenvalue weighted by molar-refractivity contribution is 6.31. The minimum atomic E-state index is 0.0636. The molecule has 3 aromatic rings. The lowest BCUT2D eigenvalue weighted by atomic mass is 9.97. The van der Waals surface area contributed by atoms with Gasteiger partial charge in [0.25, 0.3) is 5.91 Å². The van der Waals surface area contributed by atoms with Crippen LogP contribution in [0.2, 0.25) is 5.02 Å². The zero-order valence-corrected chi connectivity index (χ0v) is 18.1. The number of likely N-dealkylation sites (tertiary alicyclic amines) is 1. The Labute approximate surface area is 186 Å². The van der Waals surface area contributed by atoms with E-state index in [4.69, 9.17) is 22.1 Å². The average Bonchev–Trinajstić information content (AvgIpc) is 3.33. The first kappa shape index (κ1) is 20.1. The van der Waals surface area contributed by atoms with Crippen LogP contribution in [0.1, 0.15) is 23.2 Å². The zero-order chi connectivity index (χ0) is 21.4. The van der Waals surface area contributed by atoms with Crippen molar-refractivity contribution in [3.8, 4) is 11.1 Å². The largest absolute Gasteiger partial charge is 0.382 e. The van der Waals surface area contributed by atoms with E-state index in [9.17, 15) is 4.79 Å². The van der Waals surface area contributed by atoms with E-state index in [0.29, 0.717) is 29.6 Å². The van der Waals surface area contributed by atoms with Crippen LogP contribution in [0.25, 0.3) is 22.0 Å². The van der Waals surface area contributed by atoms with E-state index in [0.717, 1.165) is 66.7 Å². The Morgan fingerprint density at radius 1 is 1.00 bits per heavy atom. The van der Waals surface area contributed by atoms with Gasteiger partial charge in [0.15, 0.2) is 0 Å². The zero-order valence-electron chi connectivity index (χ0n) is 17.3. The maximum atomic E-state index is 13.2. The SMILES string of the molecule is Nc1nc2ccc(-c3cc(Cl)ccc3C(=O)N3CCCC3)cc2cc1N1CCOCC1. The number of ether oxygens (including phenoxy) is 1. The first-order valence-electron chi connectivity index (χ1n) is 10.7. The number of halogens is 1. The van der Waals surface area contributed by atoms with Crippen LogP contribution in [0.3, 0.4) is 0 Å². The van der Waals surface area contributed by atoms with Crippen molar-refractivity contribution < 1.29 is 9.53 Å². The summed E-state index contributed by atoms with van der Waals surface area (Å²) in [6, 6.07) is 13.6. The van der Waals surface area contributed by atoms with Gasteiger partial charge < -0.3 is 20.3 Å². The molecule has 3 heterocycles. The summed E-state index contributed by atoms with van der Waals surface area (Å²) in [4.78, 5) is 21.9. The van der Waals surface area contributed by atoms with Crippen molar-refractivity contribution in [1.82, 2.24) is 9.88 Å². The number of morpholine rings is 1. The average molecular weight is 437 g/mol. The lowest BCUT2D eigenvalue weighted by Gasteiger charge is -2.29. The van der Waals surface area contributed by atoms with Crippen LogP contribution >= 0.6 is 11.6 Å². The summed E-state index contributed by atoms with van der Waals surface area (Å²) in [5.74, 6) is 0.587. The molecule has 0 radical (unpaired) electrons. The van der Waals surface area contributed by atoms with Crippen molar-refractivity contribution in [3.05, 3.63) is 53.1 Å². The number of pyridine rings is 1. The smallest absolute Gasteiger partial charge is 0.254 e. The number of anilines is 2. The standard InChI is InChI=1S/C24H25ClN4O2/c25-18-4-5-19(24(30)29-7-1-2-8-29)20(15-18)16-3-6-21-17(13-16)14-22(23(26)27-21)28-9-11-31-12-10-28/h3-6,13-15H,1-2,7-12H2,(H2,26,27). The lowest BCUT2D eigenvalue weighted by molar-refractivity contribution is 0.0793. The molecule has 31 heavy (non-hydrogen) atoms. The second kappa shape index (κ2) is 8.36. The molecule has 0 unspecified atom stereocenters. The number of carbonyl (C=O) groups excluding carboxylic acids is 1. The summed E-state index contributed by atoms with van der Waals surface area (Å²) >= 11 is 6.32. The number of fused-ring (bicyclic) bond motifs is 1. The maximum absolute atomic E-state index is 13.2. The highest BCUT2D eigenvalue weighted by Gasteiger charge is 2.23. The molecule has 0 saturated carbocycles. The van der Waals surface area contributed by atoms with Gasteiger partial charge in [-0.1, -0.05) is 17.7 Å². The Kier molecular flexibility index (Phi) is 5.42. The monoisotopic (exact) mass is 436 g/mol. The Hall–Kier alpha value is -2.83. The van der Waals surface area contributed by atoms with Crippen molar-refractivity contribution in [2.75, 3.05) is 50.0 Å². The number of rotatable bonds is 3. The minimum absolute atomic E-state index is 0.0636. The van der Waals surface area contributed by atoms with Gasteiger partial charge in [-0.25, -0.2) is 4.98 Å². The molecule has 160 valence electrons. The van der Waals surface area contributed by atoms with E-state index in [2.05, 4.69) is 22.0 Å². The number of amides is 1. The second-order valence-corrected chi connectivity index (χ2v) is 8.53. The van der Waals surface area contributed by atoms with E-state index >= 15 is 0 Å². The van der Waals surface area contributed by atoms with Gasteiger partial charge in [0.05, 0.1) is 24.4 Å². The molecule has 2 fully saturated rings. The molecule has 1 amide bonds. The van der Waals surface area contributed by atoms with Gasteiger partial charge >= 0.3 is 0 Å². The summed E-state index contributed by atoms with van der Waals surface area (Å²) in [5, 5.41) is 1.59. The van der Waals surface area contributed by atoms with Crippen LogP contribution in [0, 0.1) is 0 Å². The van der Waals surface area contributed by atoms with Gasteiger partial charge in [0, 0.05) is 42.2 Å². The van der Waals surface area contributed by atoms with Crippen molar-refractivity contribution in [2.45, 2.75) is 12.8 Å². The van der Waals surface area contributed by atoms with Crippen LogP contribution in [0.4, 0.5) is 11.5 Å². The summed E-state index contributed by atoms with van der Waals surface area (Å²) in [5.41, 5.74) is 10.5. The van der Waals surface area contributed by atoms with E-state index in [-0.39, 0.29) is 5.91 Å². The number of carbonyl (C=O) groups is 1. The highest BCUT2D eigenvalue weighted by Crippen LogP contribution is 2.33. The third kappa shape index (κ3) is 3.93. The Morgan fingerprint density at radius 2 is 1.77 bits per heavy atom. The van der Waals surface area contributed by atoms with Crippen molar-refractivity contribution in [2.24, 2.45) is 0 Å². The molecule has 0 atom stereocenters. The van der Waals surface area contributed by atoms with Crippen LogP contribution in [-0.4, -0.2) is 55.2 Å². The number of hydrogen-bond acceptors (Lipinski definition) is 5. The molecule has 0 aliphatic carbocycles. The van der Waals surface area contributed by atoms with Gasteiger partial charge in [0.1, 0.15) is 5.82 Å². The molecule has 2 N–H and O–H groups in total. The number of nitrogen functional groups attached to an aromatic ring is 1. The summed E-state index contributed by atoms with van der Waals surface area (Å²) < 4.78 is 5.46. The number of hydrogen-bond donors (Lipinski definition) is 1. The van der Waals surface area contributed by atoms with Gasteiger partial charge in [0.2, 0.25) is 0 Å². The van der Waals surface area contributed by atoms with Gasteiger partial charge in [-0.3, -0.25) is 4.79 Å². The molecule has 1 aromatic heterocycles. The first-order valence-corrected chi connectivity index (χ1v) is 11.1. The quantitative estimate of drug-likeness (QED) is 0.665. The highest BCUT2D eigenvalue weighted by atomic mass is 35.5. The fraction of sp³-hybridized carbons (Fsp3) is 0.333. The minimum Gasteiger partial charge on any atom is -0.382 e. The molecule has 2 aliphatic rings. The normalized spacial score (nSPS) is 16.8. The fourth-order valence-corrected chi connectivity index (χ4v) is 4.61. The molecule has 2 saturated heterocycles. The molecular formula is C24H25ClN4O2. The second-order valence-electron chi connectivity index (χ2n) is 8.09. The Balaban J connectivity index is 1.58. The third-order valence-electron chi connectivity index (χ3n) is 6.09. The molecule has 0 bridgehead atoms. The van der Waals surface area contributed by atoms with Crippen LogP contribution in [0.15, 0.2) is 42.5 Å². The molecular weight excluding hydrogens is 412 g/mol. The van der Waals surface area contributed by atoms with Crippen molar-refractivity contribution >= 4 is 39.9 Å². The van der Waals surface area contributed by atoms with Crippen molar-refractivity contribution in [1.29, 1.82) is 0 Å². The van der Waals surface area contributed by atoms with E-state index < -0.39 is 0 Å². The van der Waals surface area contributed by atoms with Gasteiger partial charge in [-0.15, -0.1) is 0 Å². The molecule has 0 spiro atoms. The summed E-state index contributed by atoms with van der Waals surface area (Å²) in [7, 11) is 0. The fourth-order valence-electron chi connectivity index (χ4n) is 4.44. The van der Waals surface area contributed by atoms with E-state index in [1.54, 1.807) is 6.07 Å². The molecule has 5 rings (SSSR count). The van der Waals surface area contributed by atoms with Crippen LogP contribution in [-0.2, 0) is 4.74 Å². The maximum Gasteiger partial charge on any atom is 0.254 e. The van der Waals surface area contributed by atoms with Crippen molar-refractivity contribution in [3.63, 3.8) is 0 Å². The lowest BCUT2D eigenvalue weighted by Crippen LogP contribution is -2.36. The number of nitrogens with two attached hydrogens (primary N) is 1. The van der Waals surface area contributed by atoms with Crippen LogP contribution < -0.4 is 10.6 Å². The van der Waals surface area contributed by atoms with Gasteiger partial charge in [-0.2, -0.15) is 0 Å². The topological polar surface area (TPSA) is 71.7 Å². The number of nitrogens with zero attached hydrogens (tertiary/aromatic N) is 3. The molecule has 7 heteroatoms. The molecule has 2 aliphatic heterocycles. The van der Waals surface area contributed by atoms with E-state index in [1.165, 1.54) is 0 Å². The summed E-state index contributed by atoms with van der Waals surface area (Å²) in [6.45, 7) is 4.57. The predicted octanol–water partition coefficient (Wildman–Crippen LogP) is 4.21. The number of benzene rings is 2. The molecule has 6 nitrogen and oxygen atoms in total. The Morgan fingerprint density at radius 3 is 2.55 bits per heavy atom.